The van der Waals surface area contributed by atoms with Gasteiger partial charge < -0.3 is 10.1 Å². The van der Waals surface area contributed by atoms with Crippen LogP contribution >= 0.6 is 11.6 Å². The largest absolute Gasteiger partial charge is 0.372 e. The number of hydrogen-bond acceptors (Lipinski definition) is 2. The van der Waals surface area contributed by atoms with Gasteiger partial charge in [-0.2, -0.15) is 0 Å². The van der Waals surface area contributed by atoms with Crippen LogP contribution in [0.3, 0.4) is 0 Å². The van der Waals surface area contributed by atoms with Crippen LogP contribution in [0, 0.1) is 0 Å². The zero-order valence-corrected chi connectivity index (χ0v) is 9.93. The third-order valence-corrected chi connectivity index (χ3v) is 1.85. The van der Waals surface area contributed by atoms with Gasteiger partial charge in [-0.3, -0.25) is 4.79 Å². The molecule has 0 aliphatic heterocycles. The molecule has 0 aliphatic rings. The number of nitrogens with one attached hydrogen (secondary N) is 1. The van der Waals surface area contributed by atoms with Crippen LogP contribution < -0.4 is 5.32 Å². The van der Waals surface area contributed by atoms with Crippen molar-refractivity contribution in [2.45, 2.75) is 45.0 Å². The molecule has 0 heterocycles. The summed E-state index contributed by atoms with van der Waals surface area (Å²) in [6.07, 6.45) is 1.71. The molecular formula is C10H20ClNO2. The molecule has 1 N–H and O–H groups in total. The molecule has 0 spiro atoms. The molecule has 0 aliphatic carbocycles. The second kappa shape index (κ2) is 8.06. The Kier molecular flexibility index (Phi) is 7.90. The highest BCUT2D eigenvalue weighted by Crippen LogP contribution is 2.03. The van der Waals surface area contributed by atoms with Gasteiger partial charge in [0.25, 0.3) is 0 Å². The minimum Gasteiger partial charge on any atom is -0.372 e. The van der Waals surface area contributed by atoms with Crippen LogP contribution in [0.25, 0.3) is 0 Å². The van der Waals surface area contributed by atoms with Crippen molar-refractivity contribution in [2.75, 3.05) is 13.2 Å². The van der Waals surface area contributed by atoms with E-state index in [1.165, 1.54) is 0 Å². The summed E-state index contributed by atoms with van der Waals surface area (Å²) in [4.78, 5) is 11.2. The smallest absolute Gasteiger partial charge is 0.246 e. The van der Waals surface area contributed by atoms with Crippen LogP contribution in [0.1, 0.15) is 33.6 Å². The van der Waals surface area contributed by atoms with Crippen molar-refractivity contribution in [1.29, 1.82) is 0 Å². The normalized spacial score (nSPS) is 14.9. The third-order valence-electron chi connectivity index (χ3n) is 1.67. The average Bonchev–Trinajstić information content (AvgIpc) is 2.02. The summed E-state index contributed by atoms with van der Waals surface area (Å²) < 4.78 is 5.11. The summed E-state index contributed by atoms with van der Waals surface area (Å²) >= 11 is 5.80. The molecule has 0 saturated heterocycles. The molecular weight excluding hydrogens is 202 g/mol. The van der Waals surface area contributed by atoms with Gasteiger partial charge >= 0.3 is 0 Å². The molecule has 0 radical (unpaired) electrons. The first kappa shape index (κ1) is 13.7. The fourth-order valence-corrected chi connectivity index (χ4v) is 1.44. The summed E-state index contributed by atoms with van der Waals surface area (Å²) in [5.74, 6) is -0.0664. The van der Waals surface area contributed by atoms with Gasteiger partial charge in [0.05, 0.1) is 0 Å². The second-order valence-electron chi connectivity index (χ2n) is 3.54. The van der Waals surface area contributed by atoms with E-state index < -0.39 is 0 Å². The van der Waals surface area contributed by atoms with Crippen molar-refractivity contribution in [3.8, 4) is 0 Å². The van der Waals surface area contributed by atoms with Crippen LogP contribution in [0.5, 0.6) is 0 Å². The van der Waals surface area contributed by atoms with Gasteiger partial charge in [-0.1, -0.05) is 6.92 Å². The predicted molar refractivity (Wildman–Crippen MR) is 58.6 cm³/mol. The summed E-state index contributed by atoms with van der Waals surface area (Å²) in [6.45, 7) is 6.65. The lowest BCUT2D eigenvalue weighted by Gasteiger charge is -2.14. The molecule has 0 saturated carbocycles. The minimum absolute atomic E-state index is 0.0664. The third kappa shape index (κ3) is 8.32. The van der Waals surface area contributed by atoms with Gasteiger partial charge in [0.1, 0.15) is 6.61 Å². The first-order valence-corrected chi connectivity index (χ1v) is 5.51. The fraction of sp³-hybridized carbons (Fsp3) is 0.900. The van der Waals surface area contributed by atoms with E-state index in [1.807, 2.05) is 20.8 Å². The van der Waals surface area contributed by atoms with Gasteiger partial charge in [0, 0.05) is 18.0 Å². The van der Waals surface area contributed by atoms with Gasteiger partial charge in [-0.15, -0.1) is 11.6 Å². The van der Waals surface area contributed by atoms with Crippen molar-refractivity contribution in [1.82, 2.24) is 5.32 Å². The van der Waals surface area contributed by atoms with E-state index in [0.717, 1.165) is 12.8 Å². The number of carbonyl (C=O) groups excluding carboxylic acids is 1. The fourth-order valence-electron chi connectivity index (χ4n) is 1.17. The maximum Gasteiger partial charge on any atom is 0.246 e. The quantitative estimate of drug-likeness (QED) is 0.527. The van der Waals surface area contributed by atoms with Crippen LogP contribution in [0.15, 0.2) is 0 Å². The average molecular weight is 222 g/mol. The van der Waals surface area contributed by atoms with E-state index >= 15 is 0 Å². The van der Waals surface area contributed by atoms with Crippen LogP contribution in [0.4, 0.5) is 0 Å². The topological polar surface area (TPSA) is 38.3 Å². The molecule has 3 nitrogen and oxygen atoms in total. The van der Waals surface area contributed by atoms with E-state index in [-0.39, 0.29) is 23.9 Å². The number of ether oxygens (including phenoxy) is 1. The highest BCUT2D eigenvalue weighted by Gasteiger charge is 2.09. The van der Waals surface area contributed by atoms with E-state index in [9.17, 15) is 4.79 Å². The Bertz CT molecular complexity index is 162. The minimum atomic E-state index is -0.0664. The highest BCUT2D eigenvalue weighted by atomic mass is 35.5. The monoisotopic (exact) mass is 221 g/mol. The number of rotatable bonds is 7. The van der Waals surface area contributed by atoms with Gasteiger partial charge in [-0.05, 0) is 26.7 Å². The van der Waals surface area contributed by atoms with Crippen molar-refractivity contribution < 1.29 is 9.53 Å². The molecule has 0 rings (SSSR count). The summed E-state index contributed by atoms with van der Waals surface area (Å²) in [7, 11) is 0. The Morgan fingerprint density at radius 3 is 2.64 bits per heavy atom. The molecule has 0 aromatic carbocycles. The molecule has 14 heavy (non-hydrogen) atoms. The Labute approximate surface area is 91.2 Å². The van der Waals surface area contributed by atoms with Crippen molar-refractivity contribution >= 4 is 17.5 Å². The van der Waals surface area contributed by atoms with Crippen LogP contribution in [-0.2, 0) is 9.53 Å². The second-order valence-corrected chi connectivity index (χ2v) is 4.28. The maximum absolute atomic E-state index is 11.2. The van der Waals surface area contributed by atoms with Crippen LogP contribution in [-0.4, -0.2) is 30.5 Å². The van der Waals surface area contributed by atoms with E-state index in [2.05, 4.69) is 5.32 Å². The maximum atomic E-state index is 11.2. The predicted octanol–water partition coefficient (Wildman–Crippen LogP) is 1.94. The standard InChI is InChI=1S/C10H20ClNO2/c1-4-5-14-7-10(13)12-9(3)6-8(2)11/h8-9H,4-7H2,1-3H3,(H,12,13). The first-order chi connectivity index (χ1) is 6.56. The molecule has 4 heteroatoms. The van der Waals surface area contributed by atoms with Crippen molar-refractivity contribution in [3.05, 3.63) is 0 Å². The molecule has 2 unspecified atom stereocenters. The SMILES string of the molecule is CCCOCC(=O)NC(C)CC(C)Cl. The number of halogens is 1. The molecule has 0 bridgehead atoms. The van der Waals surface area contributed by atoms with E-state index in [0.29, 0.717) is 6.61 Å². The summed E-state index contributed by atoms with van der Waals surface area (Å²) in [6, 6.07) is 0.111. The van der Waals surface area contributed by atoms with Gasteiger partial charge in [0.2, 0.25) is 5.91 Å². The first-order valence-electron chi connectivity index (χ1n) is 5.07. The van der Waals surface area contributed by atoms with Crippen LogP contribution in [0.2, 0.25) is 0 Å². The zero-order valence-electron chi connectivity index (χ0n) is 9.18. The van der Waals surface area contributed by atoms with Gasteiger partial charge in [-0.25, -0.2) is 0 Å². The molecule has 1 amide bonds. The van der Waals surface area contributed by atoms with E-state index in [1.54, 1.807) is 0 Å². The highest BCUT2D eigenvalue weighted by molar-refractivity contribution is 6.20. The van der Waals surface area contributed by atoms with E-state index in [4.69, 9.17) is 16.3 Å². The number of carbonyl (C=O) groups is 1. The molecule has 0 fully saturated rings. The molecule has 0 aromatic heterocycles. The lowest BCUT2D eigenvalue weighted by atomic mass is 10.2. The lowest BCUT2D eigenvalue weighted by Crippen LogP contribution is -2.36. The van der Waals surface area contributed by atoms with Crippen molar-refractivity contribution in [2.24, 2.45) is 0 Å². The van der Waals surface area contributed by atoms with Gasteiger partial charge in [0.15, 0.2) is 0 Å². The molecule has 0 aromatic rings. The Morgan fingerprint density at radius 2 is 2.14 bits per heavy atom. The Balaban J connectivity index is 3.50. The number of hydrogen-bond donors (Lipinski definition) is 1. The Morgan fingerprint density at radius 1 is 1.50 bits per heavy atom. The molecule has 84 valence electrons. The summed E-state index contributed by atoms with van der Waals surface area (Å²) in [5.41, 5.74) is 0. The molecule has 2 atom stereocenters. The number of amides is 1. The Hall–Kier alpha value is -0.280. The lowest BCUT2D eigenvalue weighted by molar-refractivity contribution is -0.126. The summed E-state index contributed by atoms with van der Waals surface area (Å²) in [5, 5.41) is 2.91. The van der Waals surface area contributed by atoms with Crippen molar-refractivity contribution in [3.63, 3.8) is 0 Å². The number of alkyl halides is 1. The zero-order chi connectivity index (χ0) is 11.0.